The number of rotatable bonds is 57. The van der Waals surface area contributed by atoms with Crippen LogP contribution < -0.4 is 10.2 Å². The Morgan fingerprint density at radius 3 is 1.35 bits per heavy atom. The van der Waals surface area contributed by atoms with E-state index in [1.807, 2.05) is 94.1 Å². The summed E-state index contributed by atoms with van der Waals surface area (Å²) in [5, 5.41) is 3.00. The zero-order valence-electron chi connectivity index (χ0n) is 51.8. The summed E-state index contributed by atoms with van der Waals surface area (Å²) in [5.74, 6) is -0.594. The van der Waals surface area contributed by atoms with Crippen LogP contribution in [0.1, 0.15) is 265 Å². The summed E-state index contributed by atoms with van der Waals surface area (Å²) in [6.45, 7) is 6.64. The molecule has 3 atom stereocenters. The van der Waals surface area contributed by atoms with Gasteiger partial charge in [0.05, 0.1) is 33.8 Å². The second kappa shape index (κ2) is 57.9. The summed E-state index contributed by atoms with van der Waals surface area (Å²) < 4.78 is 30.3. The van der Waals surface area contributed by atoms with Crippen LogP contribution in [-0.2, 0) is 27.9 Å². The first-order valence-corrected chi connectivity index (χ1v) is 33.7. The summed E-state index contributed by atoms with van der Waals surface area (Å²) in [6, 6.07) is -0.919. The average Bonchev–Trinajstić information content (AvgIpc) is 3.41. The number of likely N-dealkylation sites (N-methyl/N-ethyl adjacent to an activating group) is 1. The molecule has 3 unspecified atom stereocenters. The summed E-state index contributed by atoms with van der Waals surface area (Å²) in [7, 11) is 1.14. The van der Waals surface area contributed by atoms with Gasteiger partial charge in [0.15, 0.2) is 0 Å². The van der Waals surface area contributed by atoms with Crippen molar-refractivity contribution in [3.63, 3.8) is 0 Å². The Hall–Kier alpha value is -3.33. The zero-order chi connectivity index (χ0) is 57.9. The second-order valence-corrected chi connectivity index (χ2v) is 24.1. The highest BCUT2D eigenvalue weighted by atomic mass is 31.2. The quantitative estimate of drug-likeness (QED) is 0.0161. The zero-order valence-corrected chi connectivity index (χ0v) is 52.7. The van der Waals surface area contributed by atoms with Gasteiger partial charge in [-0.2, -0.15) is 0 Å². The van der Waals surface area contributed by atoms with Crippen LogP contribution in [0.5, 0.6) is 0 Å². The van der Waals surface area contributed by atoms with Crippen LogP contribution in [0.15, 0.2) is 109 Å². The van der Waals surface area contributed by atoms with Crippen molar-refractivity contribution in [1.82, 2.24) is 5.32 Å². The Morgan fingerprint density at radius 2 is 0.861 bits per heavy atom. The number of unbranched alkanes of at least 4 members (excludes halogenated alkanes) is 30. The molecule has 0 aliphatic carbocycles. The summed E-state index contributed by atoms with van der Waals surface area (Å²) >= 11 is 0. The number of esters is 1. The van der Waals surface area contributed by atoms with Gasteiger partial charge in [0.1, 0.15) is 19.3 Å². The van der Waals surface area contributed by atoms with Crippen LogP contribution in [0.2, 0.25) is 0 Å². The third-order valence-electron chi connectivity index (χ3n) is 13.8. The molecule has 0 fully saturated rings. The fourth-order valence-electron chi connectivity index (χ4n) is 8.88. The van der Waals surface area contributed by atoms with Crippen LogP contribution in [0, 0.1) is 0 Å². The number of carbonyl (C=O) groups is 2. The van der Waals surface area contributed by atoms with Crippen molar-refractivity contribution in [1.29, 1.82) is 0 Å². The molecule has 0 radical (unpaired) electrons. The Labute approximate surface area is 487 Å². The van der Waals surface area contributed by atoms with Crippen molar-refractivity contribution in [3.05, 3.63) is 109 Å². The van der Waals surface area contributed by atoms with Gasteiger partial charge >= 0.3 is 5.97 Å². The molecule has 0 saturated heterocycles. The molecule has 79 heavy (non-hydrogen) atoms. The van der Waals surface area contributed by atoms with Gasteiger partial charge in [-0.25, -0.2) is 0 Å². The number of quaternary nitrogens is 1. The van der Waals surface area contributed by atoms with Crippen molar-refractivity contribution in [2.45, 2.75) is 277 Å². The van der Waals surface area contributed by atoms with Crippen molar-refractivity contribution in [2.75, 3.05) is 40.9 Å². The minimum absolute atomic E-state index is 0.0366. The molecule has 0 bridgehead atoms. The number of phosphoric ester groups is 1. The number of carbonyl (C=O) groups excluding carboxylic acids is 2. The fourth-order valence-corrected chi connectivity index (χ4v) is 9.60. The molecular formula is C69H121N2O7P. The Balaban J connectivity index is 5.27. The predicted octanol–water partition coefficient (Wildman–Crippen LogP) is 19.5. The monoisotopic (exact) mass is 1120 g/mol. The number of amides is 1. The lowest BCUT2D eigenvalue weighted by Crippen LogP contribution is -2.47. The molecule has 10 heteroatoms. The molecule has 0 aromatic carbocycles. The molecule has 0 aromatic rings. The van der Waals surface area contributed by atoms with E-state index in [1.165, 1.54) is 154 Å². The van der Waals surface area contributed by atoms with E-state index in [1.54, 1.807) is 0 Å². The minimum Gasteiger partial charge on any atom is -0.756 e. The first-order chi connectivity index (χ1) is 38.4. The molecule has 1 N–H and O–H groups in total. The van der Waals surface area contributed by atoms with Crippen LogP contribution in [0.3, 0.4) is 0 Å². The maximum atomic E-state index is 13.5. The highest BCUT2D eigenvalue weighted by molar-refractivity contribution is 7.45. The topological polar surface area (TPSA) is 114 Å². The van der Waals surface area contributed by atoms with E-state index in [0.29, 0.717) is 17.4 Å². The van der Waals surface area contributed by atoms with E-state index in [-0.39, 0.29) is 31.3 Å². The van der Waals surface area contributed by atoms with Crippen molar-refractivity contribution in [2.24, 2.45) is 0 Å². The molecule has 0 saturated carbocycles. The maximum Gasteiger partial charge on any atom is 0.306 e. The lowest BCUT2D eigenvalue weighted by atomic mass is 10.0. The summed E-state index contributed by atoms with van der Waals surface area (Å²) in [4.78, 5) is 40.0. The lowest BCUT2D eigenvalue weighted by molar-refractivity contribution is -0.870. The number of ether oxygens (including phenoxy) is 1. The molecule has 0 spiro atoms. The number of nitrogens with zero attached hydrogens (tertiary/aromatic N) is 1. The normalized spacial score (nSPS) is 14.4. The molecule has 454 valence electrons. The Kier molecular flexibility index (Phi) is 55.4. The van der Waals surface area contributed by atoms with Gasteiger partial charge in [-0.05, 0) is 83.1 Å². The largest absolute Gasteiger partial charge is 0.756 e. The third kappa shape index (κ3) is 59.1. The van der Waals surface area contributed by atoms with Crippen molar-refractivity contribution >= 4 is 19.7 Å². The number of nitrogens with one attached hydrogen (secondary N) is 1. The van der Waals surface area contributed by atoms with Gasteiger partial charge in [-0.1, -0.05) is 278 Å². The van der Waals surface area contributed by atoms with E-state index in [4.69, 9.17) is 13.8 Å². The second-order valence-electron chi connectivity index (χ2n) is 22.7. The number of hydrogen-bond acceptors (Lipinski definition) is 7. The van der Waals surface area contributed by atoms with Crippen molar-refractivity contribution < 1.29 is 37.3 Å². The highest BCUT2D eigenvalue weighted by Crippen LogP contribution is 2.38. The first kappa shape index (κ1) is 75.7. The summed E-state index contributed by atoms with van der Waals surface area (Å²) in [5.41, 5.74) is 0. The molecule has 0 heterocycles. The van der Waals surface area contributed by atoms with Crippen LogP contribution in [-0.4, -0.2) is 69.4 Å². The van der Waals surface area contributed by atoms with Gasteiger partial charge in [-0.15, -0.1) is 0 Å². The maximum absolute atomic E-state index is 13.5. The highest BCUT2D eigenvalue weighted by Gasteiger charge is 2.27. The molecule has 0 aliphatic rings. The average molecular weight is 1120 g/mol. The molecule has 1 amide bonds. The summed E-state index contributed by atoms with van der Waals surface area (Å²) in [6.07, 6.45) is 79.2. The van der Waals surface area contributed by atoms with E-state index < -0.39 is 26.6 Å². The number of hydrogen-bond donors (Lipinski definition) is 1. The van der Waals surface area contributed by atoms with Gasteiger partial charge in [0, 0.05) is 12.8 Å². The third-order valence-corrected chi connectivity index (χ3v) is 14.8. The predicted molar refractivity (Wildman–Crippen MR) is 339 cm³/mol. The van der Waals surface area contributed by atoms with Crippen molar-refractivity contribution in [3.8, 4) is 0 Å². The Morgan fingerprint density at radius 1 is 0.468 bits per heavy atom. The SMILES string of the molecule is CC\C=C/C=C/C=C/C=C\C=C\C=C\CCCCCC(=O)NC(COP(=O)([O-])OCC[N+](C)(C)C)C(/C=C\CCCCCCCCCCCCC)OC(=O)CCCCCCCCCCCCCCC/C=C\C/C=C\CCCCC. The molecule has 0 aromatic heterocycles. The smallest absolute Gasteiger partial charge is 0.306 e. The van der Waals surface area contributed by atoms with Gasteiger partial charge < -0.3 is 28.5 Å². The van der Waals surface area contributed by atoms with Crippen LogP contribution in [0.4, 0.5) is 0 Å². The van der Waals surface area contributed by atoms with Crippen LogP contribution >= 0.6 is 7.82 Å². The van der Waals surface area contributed by atoms with Gasteiger partial charge in [0.25, 0.3) is 7.82 Å². The van der Waals surface area contributed by atoms with Crippen LogP contribution in [0.25, 0.3) is 0 Å². The van der Waals surface area contributed by atoms with Gasteiger partial charge in [-0.3, -0.25) is 14.2 Å². The molecule has 9 nitrogen and oxygen atoms in total. The van der Waals surface area contributed by atoms with Gasteiger partial charge in [0.2, 0.25) is 5.91 Å². The first-order valence-electron chi connectivity index (χ1n) is 32.3. The molecular weight excluding hydrogens is 1000 g/mol. The van der Waals surface area contributed by atoms with E-state index in [9.17, 15) is 19.0 Å². The minimum atomic E-state index is -4.72. The molecule has 0 rings (SSSR count). The number of phosphoric acid groups is 1. The van der Waals surface area contributed by atoms with E-state index in [0.717, 1.165) is 70.6 Å². The standard InChI is InChI=1S/C69H121N2O7P/c1-7-10-13-16-19-22-25-28-30-32-33-34-35-36-37-39-41-44-47-50-53-56-59-62-69(73)78-67(60-57-54-51-48-45-42-27-24-21-18-15-12-9-3)66(65-77-79(74,75)76-64-63-71(4,5)6)70-68(72)61-58-55-52-49-46-43-40-38-31-29-26-23-20-17-14-11-8-2/h11,14,17,19-20,22-23,26,28-31,38,40,43,46,57,60,66-67H,7-10,12-13,15-16,18,21,24-25,27,32-37,39,41-42,44-45,47-56,58-59,61-65H2,1-6H3,(H-,70,72,74,75)/b14-11-,20-17+,22-19-,26-23+,30-28-,31-29-,40-38+,46-43+,60-57-. The fraction of sp³-hybridized carbons (Fsp3) is 0.710. The van der Waals surface area contributed by atoms with E-state index in [2.05, 4.69) is 62.5 Å². The Bertz CT molecular complexity index is 1720. The molecule has 0 aliphatic heterocycles. The lowest BCUT2D eigenvalue weighted by Gasteiger charge is -2.30. The number of allylic oxidation sites excluding steroid dienone is 17. The van der Waals surface area contributed by atoms with E-state index >= 15 is 0 Å².